The minimum Gasteiger partial charge on any atom is -0.394 e. The second kappa shape index (κ2) is 9.02. The number of nitrogens with one attached hydrogen (secondary N) is 2. The third-order valence-electron chi connectivity index (χ3n) is 4.25. The van der Waals surface area contributed by atoms with Crippen molar-refractivity contribution in [3.63, 3.8) is 0 Å². The number of rotatable bonds is 7. The minimum atomic E-state index is -5.40. The number of aromatic nitrogens is 2. The summed E-state index contributed by atoms with van der Waals surface area (Å²) in [5, 5.41) is 29.2. The number of nitrogens with zero attached hydrogens (tertiary/aromatic N) is 1. The number of halogens is 1. The molecule has 162 valence electrons. The van der Waals surface area contributed by atoms with E-state index in [9.17, 15) is 44.1 Å². The zero-order valence-electron chi connectivity index (χ0n) is 14.6. The molecule has 15 heteroatoms. The van der Waals surface area contributed by atoms with E-state index < -0.39 is 49.2 Å². The highest BCUT2D eigenvalue weighted by molar-refractivity contribution is 9.09. The SMILES string of the molecule is O=C(CBr)NC=CCc1cn(C2OC(CO)C(O)(P(=O)(O)O)C2O)c(=O)[nH]c1=O. The molecule has 0 radical (unpaired) electrons. The Hall–Kier alpha value is -1.64. The molecule has 1 saturated heterocycles. The number of hydrogen-bond acceptors (Lipinski definition) is 8. The molecule has 0 aromatic carbocycles. The lowest BCUT2D eigenvalue weighted by molar-refractivity contribution is -0.117. The second-order valence-corrected chi connectivity index (χ2v) is 8.46. The van der Waals surface area contributed by atoms with Gasteiger partial charge < -0.3 is 35.2 Å². The van der Waals surface area contributed by atoms with E-state index in [2.05, 4.69) is 21.2 Å². The highest BCUT2D eigenvalue weighted by Crippen LogP contribution is 2.58. The summed E-state index contributed by atoms with van der Waals surface area (Å²) in [5.74, 6) is -0.339. The van der Waals surface area contributed by atoms with E-state index in [4.69, 9.17) is 4.74 Å². The van der Waals surface area contributed by atoms with Crippen molar-refractivity contribution >= 4 is 29.4 Å². The van der Waals surface area contributed by atoms with Gasteiger partial charge in [0.05, 0.1) is 11.9 Å². The van der Waals surface area contributed by atoms with Gasteiger partial charge in [0.15, 0.2) is 6.23 Å². The van der Waals surface area contributed by atoms with E-state index in [-0.39, 0.29) is 23.2 Å². The standard InChI is InChI=1S/C14H19BrN3O10P/c15-4-9(20)16-3-1-2-7-5-18(13(23)17-11(7)22)12-10(21)14(24,29(25,26)27)8(6-19)28-12/h1,3,5,8,10,12,19,21,24H,2,4,6H2,(H,16,20)(H,17,22,23)(H2,25,26,27). The van der Waals surface area contributed by atoms with Crippen LogP contribution in [0.25, 0.3) is 0 Å². The molecule has 2 heterocycles. The summed E-state index contributed by atoms with van der Waals surface area (Å²) in [4.78, 5) is 56.0. The lowest BCUT2D eigenvalue weighted by atomic mass is 10.1. The van der Waals surface area contributed by atoms with Crippen molar-refractivity contribution in [2.75, 3.05) is 11.9 Å². The monoisotopic (exact) mass is 499 g/mol. The van der Waals surface area contributed by atoms with E-state index >= 15 is 0 Å². The molecule has 0 saturated carbocycles. The normalized spacial score (nSPS) is 27.4. The number of aliphatic hydroxyl groups excluding tert-OH is 2. The average molecular weight is 500 g/mol. The summed E-state index contributed by atoms with van der Waals surface area (Å²) in [7, 11) is -5.40. The van der Waals surface area contributed by atoms with Gasteiger partial charge in [0.25, 0.3) is 5.56 Å². The Morgan fingerprint density at radius 1 is 1.45 bits per heavy atom. The summed E-state index contributed by atoms with van der Waals surface area (Å²) >= 11 is 2.95. The van der Waals surface area contributed by atoms with Gasteiger partial charge in [-0.05, 0) is 6.42 Å². The van der Waals surface area contributed by atoms with Crippen molar-refractivity contribution in [1.29, 1.82) is 0 Å². The summed E-state index contributed by atoms with van der Waals surface area (Å²) in [6.45, 7) is -1.06. The molecule has 0 bridgehead atoms. The van der Waals surface area contributed by atoms with Gasteiger partial charge in [-0.15, -0.1) is 0 Å². The molecule has 1 fully saturated rings. The van der Waals surface area contributed by atoms with Gasteiger partial charge in [0.1, 0.15) is 12.2 Å². The van der Waals surface area contributed by atoms with Gasteiger partial charge >= 0.3 is 13.3 Å². The first-order valence-corrected chi connectivity index (χ1v) is 10.8. The van der Waals surface area contributed by atoms with Crippen LogP contribution >= 0.6 is 23.5 Å². The zero-order chi connectivity index (χ0) is 22.0. The lowest BCUT2D eigenvalue weighted by Crippen LogP contribution is -2.49. The number of carbonyl (C=O) groups excluding carboxylic acids is 1. The number of amides is 1. The van der Waals surface area contributed by atoms with Gasteiger partial charge in [0, 0.05) is 18.0 Å². The van der Waals surface area contributed by atoms with Gasteiger partial charge in [-0.25, -0.2) is 4.79 Å². The van der Waals surface area contributed by atoms with Crippen molar-refractivity contribution in [2.45, 2.75) is 30.2 Å². The quantitative estimate of drug-likeness (QED) is 0.151. The summed E-state index contributed by atoms with van der Waals surface area (Å²) in [6.07, 6.45) is -2.42. The first-order chi connectivity index (χ1) is 13.5. The Kier molecular flexibility index (Phi) is 7.35. The smallest absolute Gasteiger partial charge is 0.362 e. The van der Waals surface area contributed by atoms with Gasteiger partial charge in [-0.3, -0.25) is 23.7 Å². The molecule has 0 aliphatic carbocycles. The molecular weight excluding hydrogens is 481 g/mol. The van der Waals surface area contributed by atoms with Gasteiger partial charge in [-0.1, -0.05) is 22.0 Å². The molecule has 1 aromatic rings. The van der Waals surface area contributed by atoms with E-state index in [1.54, 1.807) is 0 Å². The van der Waals surface area contributed by atoms with Crippen LogP contribution in [0.15, 0.2) is 28.1 Å². The fraction of sp³-hybridized carbons (Fsp3) is 0.500. The maximum Gasteiger partial charge on any atom is 0.362 e. The Morgan fingerprint density at radius 3 is 2.62 bits per heavy atom. The van der Waals surface area contributed by atoms with E-state index in [1.165, 1.54) is 12.3 Å². The molecule has 1 amide bonds. The third kappa shape index (κ3) is 4.59. The van der Waals surface area contributed by atoms with Gasteiger partial charge in [0.2, 0.25) is 11.2 Å². The summed E-state index contributed by atoms with van der Waals surface area (Å²) < 4.78 is 17.4. The maximum absolute atomic E-state index is 12.1. The number of aliphatic hydroxyl groups is 3. The van der Waals surface area contributed by atoms with Crippen molar-refractivity contribution in [3.05, 3.63) is 44.9 Å². The highest BCUT2D eigenvalue weighted by atomic mass is 79.9. The Bertz CT molecular complexity index is 956. The summed E-state index contributed by atoms with van der Waals surface area (Å²) in [6, 6.07) is 0. The van der Waals surface area contributed by atoms with Crippen LogP contribution in [0.5, 0.6) is 0 Å². The maximum atomic E-state index is 12.1. The van der Waals surface area contributed by atoms with Crippen molar-refractivity contribution in [3.8, 4) is 0 Å². The fourth-order valence-corrected chi connectivity index (χ4v) is 3.89. The van der Waals surface area contributed by atoms with Crippen LogP contribution in [0.2, 0.25) is 0 Å². The molecule has 7 N–H and O–H groups in total. The van der Waals surface area contributed by atoms with Crippen LogP contribution < -0.4 is 16.6 Å². The highest BCUT2D eigenvalue weighted by Gasteiger charge is 2.65. The Balaban J connectivity index is 2.38. The topological polar surface area (TPSA) is 211 Å². The molecular formula is C14H19BrN3O10P. The molecule has 4 unspecified atom stereocenters. The van der Waals surface area contributed by atoms with Crippen LogP contribution in [0.1, 0.15) is 11.8 Å². The third-order valence-corrected chi connectivity index (χ3v) is 6.25. The lowest BCUT2D eigenvalue weighted by Gasteiger charge is -2.30. The molecule has 13 nitrogen and oxygen atoms in total. The first kappa shape index (κ1) is 23.6. The number of hydrogen-bond donors (Lipinski definition) is 7. The molecule has 29 heavy (non-hydrogen) atoms. The van der Waals surface area contributed by atoms with Crippen LogP contribution in [0.4, 0.5) is 0 Å². The second-order valence-electron chi connectivity index (χ2n) is 6.10. The van der Waals surface area contributed by atoms with Crippen LogP contribution in [-0.4, -0.2) is 70.1 Å². The number of allylic oxidation sites excluding steroid dienone is 1. The van der Waals surface area contributed by atoms with Crippen molar-refractivity contribution in [1.82, 2.24) is 14.9 Å². The van der Waals surface area contributed by atoms with Crippen LogP contribution in [-0.2, 0) is 20.5 Å². The zero-order valence-corrected chi connectivity index (χ0v) is 17.1. The number of carbonyl (C=O) groups is 1. The van der Waals surface area contributed by atoms with E-state index in [0.717, 1.165) is 6.20 Å². The fourth-order valence-electron chi connectivity index (χ4n) is 2.74. The molecule has 4 atom stereocenters. The predicted octanol–water partition coefficient (Wildman–Crippen LogP) is -2.78. The Morgan fingerprint density at radius 2 is 2.10 bits per heavy atom. The molecule has 0 spiro atoms. The van der Waals surface area contributed by atoms with Gasteiger partial charge in [-0.2, -0.15) is 0 Å². The molecule has 1 aromatic heterocycles. The largest absolute Gasteiger partial charge is 0.394 e. The molecule has 1 aliphatic heterocycles. The van der Waals surface area contributed by atoms with Crippen molar-refractivity contribution in [2.24, 2.45) is 0 Å². The average Bonchev–Trinajstić information content (AvgIpc) is 2.92. The first-order valence-electron chi connectivity index (χ1n) is 8.04. The number of alkyl halides is 1. The molecule has 1 aliphatic rings. The number of aromatic amines is 1. The van der Waals surface area contributed by atoms with Crippen molar-refractivity contribution < 1.29 is 39.2 Å². The minimum absolute atomic E-state index is 0.0168. The predicted molar refractivity (Wildman–Crippen MR) is 100 cm³/mol. The summed E-state index contributed by atoms with van der Waals surface area (Å²) in [5.41, 5.74) is -1.87. The Labute approximate surface area is 170 Å². The van der Waals surface area contributed by atoms with Crippen LogP contribution in [0.3, 0.4) is 0 Å². The van der Waals surface area contributed by atoms with E-state index in [1.807, 2.05) is 4.98 Å². The van der Waals surface area contributed by atoms with Crippen LogP contribution in [0, 0.1) is 0 Å². The number of H-pyrrole nitrogens is 1. The van der Waals surface area contributed by atoms with E-state index in [0.29, 0.717) is 4.57 Å². The number of ether oxygens (including phenoxy) is 1. The molecule has 2 rings (SSSR count).